The molecule has 7 heteroatoms. The van der Waals surface area contributed by atoms with Gasteiger partial charge >= 0.3 is 0 Å². The lowest BCUT2D eigenvalue weighted by atomic mass is 10.00. The monoisotopic (exact) mass is 437 g/mol. The molecule has 0 aliphatic rings. The molecule has 30 heavy (non-hydrogen) atoms. The van der Waals surface area contributed by atoms with E-state index in [1.807, 2.05) is 48.5 Å². The summed E-state index contributed by atoms with van der Waals surface area (Å²) in [5.74, 6) is 0.431. The fourth-order valence-electron chi connectivity index (χ4n) is 3.36. The van der Waals surface area contributed by atoms with E-state index in [0.29, 0.717) is 22.3 Å². The highest BCUT2D eigenvalue weighted by atomic mass is 35.5. The number of thiazole rings is 1. The van der Waals surface area contributed by atoms with E-state index in [9.17, 15) is 9.90 Å². The van der Waals surface area contributed by atoms with Crippen LogP contribution in [0.15, 0.2) is 65.6 Å². The van der Waals surface area contributed by atoms with Crippen molar-refractivity contribution in [2.75, 3.05) is 0 Å². The Balaban J connectivity index is 1.57. The fourth-order valence-corrected chi connectivity index (χ4v) is 4.40. The van der Waals surface area contributed by atoms with Gasteiger partial charge in [-0.25, -0.2) is 4.98 Å². The second-order valence-corrected chi connectivity index (χ2v) is 8.76. The van der Waals surface area contributed by atoms with Crippen molar-refractivity contribution in [1.82, 2.24) is 15.0 Å². The Kier molecular flexibility index (Phi) is 5.97. The number of aromatic nitrogens is 3. The van der Waals surface area contributed by atoms with Crippen LogP contribution in [0.25, 0.3) is 22.3 Å². The molecule has 0 aliphatic heterocycles. The van der Waals surface area contributed by atoms with Gasteiger partial charge in [-0.15, -0.1) is 11.3 Å². The fraction of sp³-hybridized carbons (Fsp3) is 0.174. The Morgan fingerprint density at radius 1 is 1.10 bits per heavy atom. The van der Waals surface area contributed by atoms with Crippen LogP contribution >= 0.6 is 22.9 Å². The first-order valence-corrected chi connectivity index (χ1v) is 10.8. The summed E-state index contributed by atoms with van der Waals surface area (Å²) in [4.78, 5) is 25.0. The molecule has 1 atom stereocenters. The first-order valence-electron chi connectivity index (χ1n) is 9.60. The number of H-pyrrole nitrogens is 1. The lowest BCUT2D eigenvalue weighted by Crippen LogP contribution is -2.14. The molecule has 4 aromatic rings. The molecule has 2 heterocycles. The summed E-state index contributed by atoms with van der Waals surface area (Å²) >= 11 is 7.35. The molecule has 152 valence electrons. The Morgan fingerprint density at radius 3 is 2.53 bits per heavy atom. The number of nitrogens with zero attached hydrogens (tertiary/aromatic N) is 2. The minimum absolute atomic E-state index is 0.179. The Morgan fingerprint density at radius 2 is 1.83 bits per heavy atom. The highest BCUT2D eigenvalue weighted by molar-refractivity contribution is 7.15. The maximum Gasteiger partial charge on any atom is 0.262 e. The van der Waals surface area contributed by atoms with E-state index in [1.165, 1.54) is 11.3 Å². The van der Waals surface area contributed by atoms with Crippen molar-refractivity contribution in [1.29, 1.82) is 0 Å². The Bertz CT molecular complexity index is 1220. The molecular formula is C23H20ClN3O2S. The molecule has 5 nitrogen and oxygen atoms in total. The van der Waals surface area contributed by atoms with Gasteiger partial charge < -0.3 is 10.1 Å². The minimum atomic E-state index is -0.351. The zero-order chi connectivity index (χ0) is 21.1. The van der Waals surface area contributed by atoms with Crippen molar-refractivity contribution in [3.63, 3.8) is 0 Å². The quantitative estimate of drug-likeness (QED) is 0.408. The number of hydrogen-bond acceptors (Lipinski definition) is 5. The lowest BCUT2D eigenvalue weighted by molar-refractivity contribution is 0.449. The van der Waals surface area contributed by atoms with Crippen molar-refractivity contribution in [3.05, 3.63) is 86.3 Å². The standard InChI is InChI=1S/C23H20ClN3O2S/c1-14(18-13-25-23(24)30-18)10-11-19-26-21(28)20(22(29)27-19)17-9-5-8-16(12-17)15-6-3-2-4-7-15/h2-9,12-14H,10-11H2,1H3,(H2,26,27,28,29). The molecular weight excluding hydrogens is 418 g/mol. The molecule has 0 bridgehead atoms. The number of halogens is 1. The normalized spacial score (nSPS) is 12.1. The van der Waals surface area contributed by atoms with Gasteiger partial charge in [-0.3, -0.25) is 4.79 Å². The van der Waals surface area contributed by atoms with Crippen molar-refractivity contribution in [2.24, 2.45) is 0 Å². The molecule has 0 amide bonds. The Hall–Kier alpha value is -2.96. The van der Waals surface area contributed by atoms with E-state index in [0.717, 1.165) is 22.4 Å². The van der Waals surface area contributed by atoms with Crippen LogP contribution in [-0.2, 0) is 6.42 Å². The van der Waals surface area contributed by atoms with Crippen molar-refractivity contribution < 1.29 is 5.11 Å². The molecule has 0 fully saturated rings. The molecule has 0 aliphatic carbocycles. The number of nitrogens with one attached hydrogen (secondary N) is 1. The molecule has 0 saturated heterocycles. The van der Waals surface area contributed by atoms with Crippen molar-refractivity contribution in [3.8, 4) is 28.1 Å². The summed E-state index contributed by atoms with van der Waals surface area (Å²) in [6.45, 7) is 2.07. The average Bonchev–Trinajstić information content (AvgIpc) is 3.19. The van der Waals surface area contributed by atoms with Gasteiger partial charge in [0.15, 0.2) is 4.47 Å². The number of aromatic amines is 1. The second kappa shape index (κ2) is 8.81. The smallest absolute Gasteiger partial charge is 0.262 e. The van der Waals surface area contributed by atoms with Gasteiger partial charge in [0.1, 0.15) is 11.4 Å². The predicted octanol–water partition coefficient (Wildman–Crippen LogP) is 5.66. The van der Waals surface area contributed by atoms with Gasteiger partial charge in [0, 0.05) is 17.5 Å². The van der Waals surface area contributed by atoms with E-state index < -0.39 is 0 Å². The maximum absolute atomic E-state index is 12.7. The largest absolute Gasteiger partial charge is 0.493 e. The third-order valence-corrected chi connectivity index (χ3v) is 6.35. The lowest BCUT2D eigenvalue weighted by Gasteiger charge is -2.10. The van der Waals surface area contributed by atoms with Gasteiger partial charge in [0.2, 0.25) is 5.88 Å². The zero-order valence-electron chi connectivity index (χ0n) is 16.3. The molecule has 0 spiro atoms. The number of rotatable bonds is 6. The molecule has 2 aromatic heterocycles. The van der Waals surface area contributed by atoms with Crippen molar-refractivity contribution in [2.45, 2.75) is 25.7 Å². The average molecular weight is 438 g/mol. The summed E-state index contributed by atoms with van der Waals surface area (Å²) in [5.41, 5.74) is 2.46. The van der Waals surface area contributed by atoms with Crippen LogP contribution in [0.4, 0.5) is 0 Å². The maximum atomic E-state index is 12.7. The number of benzene rings is 2. The van der Waals surface area contributed by atoms with Crippen LogP contribution in [-0.4, -0.2) is 20.1 Å². The van der Waals surface area contributed by atoms with E-state index in [-0.39, 0.29) is 22.9 Å². The van der Waals surface area contributed by atoms with Gasteiger partial charge in [0.25, 0.3) is 5.56 Å². The summed E-state index contributed by atoms with van der Waals surface area (Å²) in [7, 11) is 0. The van der Waals surface area contributed by atoms with Crippen LogP contribution in [0.3, 0.4) is 0 Å². The van der Waals surface area contributed by atoms with E-state index >= 15 is 0 Å². The highest BCUT2D eigenvalue weighted by Crippen LogP contribution is 2.30. The summed E-state index contributed by atoms with van der Waals surface area (Å²) in [6.07, 6.45) is 3.06. The topological polar surface area (TPSA) is 78.9 Å². The number of aromatic hydroxyl groups is 1. The van der Waals surface area contributed by atoms with E-state index in [1.54, 1.807) is 12.3 Å². The van der Waals surface area contributed by atoms with Gasteiger partial charge in [-0.1, -0.05) is 67.1 Å². The van der Waals surface area contributed by atoms with Gasteiger partial charge in [0.05, 0.1) is 0 Å². The van der Waals surface area contributed by atoms with Crippen LogP contribution in [0.1, 0.15) is 30.0 Å². The van der Waals surface area contributed by atoms with Crippen LogP contribution < -0.4 is 5.56 Å². The molecule has 2 N–H and O–H groups in total. The predicted molar refractivity (Wildman–Crippen MR) is 121 cm³/mol. The van der Waals surface area contributed by atoms with Crippen LogP contribution in [0.5, 0.6) is 5.88 Å². The first-order chi connectivity index (χ1) is 14.5. The third-order valence-electron chi connectivity index (χ3n) is 5.00. The summed E-state index contributed by atoms with van der Waals surface area (Å²) < 4.78 is 0.517. The van der Waals surface area contributed by atoms with Crippen molar-refractivity contribution >= 4 is 22.9 Å². The van der Waals surface area contributed by atoms with Crippen LogP contribution in [0, 0.1) is 0 Å². The minimum Gasteiger partial charge on any atom is -0.493 e. The molecule has 0 radical (unpaired) electrons. The SMILES string of the molecule is CC(CCc1nc(O)c(-c2cccc(-c3ccccc3)c2)c(=O)[nH]1)c1cnc(Cl)s1. The molecule has 2 aromatic carbocycles. The molecule has 0 saturated carbocycles. The molecule has 1 unspecified atom stereocenters. The number of hydrogen-bond donors (Lipinski definition) is 2. The third kappa shape index (κ3) is 4.45. The van der Waals surface area contributed by atoms with Gasteiger partial charge in [-0.05, 0) is 35.1 Å². The first kappa shape index (κ1) is 20.3. The summed E-state index contributed by atoms with van der Waals surface area (Å²) in [6, 6.07) is 17.4. The number of aryl methyl sites for hydroxylation is 1. The van der Waals surface area contributed by atoms with Gasteiger partial charge in [-0.2, -0.15) is 4.98 Å². The zero-order valence-corrected chi connectivity index (χ0v) is 17.9. The van der Waals surface area contributed by atoms with E-state index in [4.69, 9.17) is 11.6 Å². The van der Waals surface area contributed by atoms with Crippen LogP contribution in [0.2, 0.25) is 4.47 Å². The Labute approximate surface area is 183 Å². The van der Waals surface area contributed by atoms with E-state index in [2.05, 4.69) is 21.9 Å². The molecule has 4 rings (SSSR count). The second-order valence-electron chi connectivity index (χ2n) is 7.11. The summed E-state index contributed by atoms with van der Waals surface area (Å²) in [5, 5.41) is 10.5. The highest BCUT2D eigenvalue weighted by Gasteiger charge is 2.15.